The van der Waals surface area contributed by atoms with Crippen molar-refractivity contribution in [2.45, 2.75) is 26.8 Å². The van der Waals surface area contributed by atoms with Gasteiger partial charge in [0.1, 0.15) is 17.4 Å². The molecule has 0 aliphatic heterocycles. The number of para-hydroxylation sites is 1. The Morgan fingerprint density at radius 2 is 2.17 bits per heavy atom. The van der Waals surface area contributed by atoms with E-state index in [1.165, 1.54) is 34.1 Å². The minimum absolute atomic E-state index is 0.120. The molecule has 1 N–H and O–H groups in total. The molecule has 2 heterocycles. The SMILES string of the molecule is CCc1nnc(NC(=O)Cn2c(C)cc(=O)c3cccc(F)c32)s1. The predicted molar refractivity (Wildman–Crippen MR) is 90.8 cm³/mol. The van der Waals surface area contributed by atoms with Crippen LogP contribution in [0.3, 0.4) is 0 Å². The number of hydrogen-bond donors (Lipinski definition) is 1. The highest BCUT2D eigenvalue weighted by atomic mass is 32.1. The van der Waals surface area contributed by atoms with E-state index in [1.807, 2.05) is 6.92 Å². The van der Waals surface area contributed by atoms with Gasteiger partial charge in [0.25, 0.3) is 0 Å². The van der Waals surface area contributed by atoms with Crippen LogP contribution in [0.1, 0.15) is 17.6 Å². The van der Waals surface area contributed by atoms with E-state index in [1.54, 1.807) is 13.0 Å². The number of amides is 1. The Morgan fingerprint density at radius 1 is 1.38 bits per heavy atom. The second-order valence-corrected chi connectivity index (χ2v) is 6.34. The fourth-order valence-electron chi connectivity index (χ4n) is 2.46. The molecular weight excluding hydrogens is 331 g/mol. The Labute approximate surface area is 141 Å². The number of halogens is 1. The first-order valence-electron chi connectivity index (χ1n) is 7.40. The van der Waals surface area contributed by atoms with Crippen LogP contribution in [0.5, 0.6) is 0 Å². The van der Waals surface area contributed by atoms with Crippen molar-refractivity contribution in [1.82, 2.24) is 14.8 Å². The molecule has 3 rings (SSSR count). The van der Waals surface area contributed by atoms with Gasteiger partial charge in [-0.2, -0.15) is 0 Å². The third-order valence-electron chi connectivity index (χ3n) is 3.61. The van der Waals surface area contributed by atoms with Gasteiger partial charge in [-0.25, -0.2) is 4.39 Å². The molecule has 2 aromatic heterocycles. The molecule has 0 fully saturated rings. The van der Waals surface area contributed by atoms with E-state index in [-0.39, 0.29) is 28.8 Å². The molecule has 0 saturated carbocycles. The Kier molecular flexibility index (Phi) is 4.39. The molecule has 1 aromatic carbocycles. The van der Waals surface area contributed by atoms with E-state index in [2.05, 4.69) is 15.5 Å². The molecule has 24 heavy (non-hydrogen) atoms. The largest absolute Gasteiger partial charge is 0.333 e. The summed E-state index contributed by atoms with van der Waals surface area (Å²) in [4.78, 5) is 24.3. The maximum Gasteiger partial charge on any atom is 0.246 e. The monoisotopic (exact) mass is 346 g/mol. The molecule has 0 spiro atoms. The van der Waals surface area contributed by atoms with E-state index < -0.39 is 5.82 Å². The molecule has 1 amide bonds. The van der Waals surface area contributed by atoms with E-state index in [9.17, 15) is 14.0 Å². The zero-order valence-corrected chi connectivity index (χ0v) is 14.0. The van der Waals surface area contributed by atoms with E-state index in [4.69, 9.17) is 0 Å². The van der Waals surface area contributed by atoms with Crippen molar-refractivity contribution in [3.05, 3.63) is 51.0 Å². The number of carbonyl (C=O) groups is 1. The van der Waals surface area contributed by atoms with E-state index >= 15 is 0 Å². The van der Waals surface area contributed by atoms with Crippen LogP contribution < -0.4 is 10.7 Å². The van der Waals surface area contributed by atoms with Gasteiger partial charge in [-0.3, -0.25) is 14.9 Å². The second kappa shape index (κ2) is 6.48. The van der Waals surface area contributed by atoms with Gasteiger partial charge in [0.05, 0.1) is 5.52 Å². The molecule has 0 unspecified atom stereocenters. The Balaban J connectivity index is 1.94. The summed E-state index contributed by atoms with van der Waals surface area (Å²) in [6, 6.07) is 5.70. The van der Waals surface area contributed by atoms with Gasteiger partial charge in [0.15, 0.2) is 5.43 Å². The van der Waals surface area contributed by atoms with Gasteiger partial charge in [0, 0.05) is 17.1 Å². The van der Waals surface area contributed by atoms with Crippen LogP contribution in [0.4, 0.5) is 9.52 Å². The molecule has 0 radical (unpaired) electrons. The number of benzene rings is 1. The van der Waals surface area contributed by atoms with Crippen LogP contribution in [0.25, 0.3) is 10.9 Å². The van der Waals surface area contributed by atoms with Crippen molar-refractivity contribution in [3.8, 4) is 0 Å². The fourth-order valence-corrected chi connectivity index (χ4v) is 3.16. The smallest absolute Gasteiger partial charge is 0.246 e. The van der Waals surface area contributed by atoms with Crippen LogP contribution >= 0.6 is 11.3 Å². The number of nitrogens with zero attached hydrogens (tertiary/aromatic N) is 3. The van der Waals surface area contributed by atoms with E-state index in [0.717, 1.165) is 11.4 Å². The number of anilines is 1. The van der Waals surface area contributed by atoms with Crippen molar-refractivity contribution in [2.24, 2.45) is 0 Å². The minimum atomic E-state index is -0.537. The van der Waals surface area contributed by atoms with Crippen LogP contribution in [0.2, 0.25) is 0 Å². The van der Waals surface area contributed by atoms with Crippen LogP contribution in [-0.2, 0) is 17.8 Å². The van der Waals surface area contributed by atoms with Gasteiger partial charge < -0.3 is 4.57 Å². The molecule has 0 bridgehead atoms. The lowest BCUT2D eigenvalue weighted by Gasteiger charge is -2.14. The Bertz CT molecular complexity index is 980. The molecule has 0 aliphatic rings. The summed E-state index contributed by atoms with van der Waals surface area (Å²) in [5, 5.41) is 11.9. The van der Waals surface area contributed by atoms with Crippen LogP contribution in [0.15, 0.2) is 29.1 Å². The lowest BCUT2D eigenvalue weighted by molar-refractivity contribution is -0.116. The number of aromatic nitrogens is 3. The number of carbonyl (C=O) groups excluding carboxylic acids is 1. The minimum Gasteiger partial charge on any atom is -0.333 e. The van der Waals surface area contributed by atoms with Crippen molar-refractivity contribution < 1.29 is 9.18 Å². The highest BCUT2D eigenvalue weighted by molar-refractivity contribution is 7.15. The Morgan fingerprint density at radius 3 is 2.88 bits per heavy atom. The molecule has 0 atom stereocenters. The third kappa shape index (κ3) is 3.05. The van der Waals surface area contributed by atoms with Gasteiger partial charge in [-0.05, 0) is 25.5 Å². The summed E-state index contributed by atoms with van der Waals surface area (Å²) < 4.78 is 15.7. The molecule has 8 heteroatoms. The highest BCUT2D eigenvalue weighted by Gasteiger charge is 2.14. The maximum atomic E-state index is 14.2. The van der Waals surface area contributed by atoms with Crippen molar-refractivity contribution in [1.29, 1.82) is 0 Å². The quantitative estimate of drug-likeness (QED) is 0.787. The van der Waals surface area contributed by atoms with E-state index in [0.29, 0.717) is 10.8 Å². The maximum absolute atomic E-state index is 14.2. The summed E-state index contributed by atoms with van der Waals surface area (Å²) >= 11 is 1.30. The highest BCUT2D eigenvalue weighted by Crippen LogP contribution is 2.18. The second-order valence-electron chi connectivity index (χ2n) is 5.27. The molecular formula is C16H15FN4O2S. The van der Waals surface area contributed by atoms with Gasteiger partial charge in [0.2, 0.25) is 11.0 Å². The van der Waals surface area contributed by atoms with Crippen molar-refractivity contribution >= 4 is 33.3 Å². The topological polar surface area (TPSA) is 76.9 Å². The first kappa shape index (κ1) is 16.3. The predicted octanol–water partition coefficient (Wildman–Crippen LogP) is 2.50. The molecule has 0 aliphatic carbocycles. The average molecular weight is 346 g/mol. The summed E-state index contributed by atoms with van der Waals surface area (Å²) in [6.45, 7) is 3.50. The first-order valence-corrected chi connectivity index (χ1v) is 8.22. The lowest BCUT2D eigenvalue weighted by atomic mass is 10.1. The molecule has 124 valence electrons. The number of hydrogen-bond acceptors (Lipinski definition) is 5. The number of rotatable bonds is 4. The molecule has 6 nitrogen and oxygen atoms in total. The zero-order chi connectivity index (χ0) is 17.3. The van der Waals surface area contributed by atoms with Crippen molar-refractivity contribution in [3.63, 3.8) is 0 Å². The summed E-state index contributed by atoms with van der Waals surface area (Å²) in [5.41, 5.74) is 0.374. The van der Waals surface area contributed by atoms with Gasteiger partial charge in [-0.15, -0.1) is 10.2 Å². The number of nitrogens with one attached hydrogen (secondary N) is 1. The molecule has 3 aromatic rings. The fraction of sp³-hybridized carbons (Fsp3) is 0.250. The lowest BCUT2D eigenvalue weighted by Crippen LogP contribution is -2.22. The summed E-state index contributed by atoms with van der Waals surface area (Å²) in [5.74, 6) is -0.893. The third-order valence-corrected chi connectivity index (χ3v) is 4.59. The first-order chi connectivity index (χ1) is 11.5. The van der Waals surface area contributed by atoms with Gasteiger partial charge in [-0.1, -0.05) is 24.3 Å². The zero-order valence-electron chi connectivity index (χ0n) is 13.2. The number of pyridine rings is 1. The normalized spacial score (nSPS) is 11.0. The Hall–Kier alpha value is -2.61. The number of aryl methyl sites for hydroxylation is 2. The van der Waals surface area contributed by atoms with Crippen LogP contribution in [0, 0.1) is 12.7 Å². The van der Waals surface area contributed by atoms with Gasteiger partial charge >= 0.3 is 0 Å². The average Bonchev–Trinajstić information content (AvgIpc) is 2.99. The van der Waals surface area contributed by atoms with Crippen LogP contribution in [-0.4, -0.2) is 20.7 Å². The number of fused-ring (bicyclic) bond motifs is 1. The molecule has 0 saturated heterocycles. The summed E-state index contributed by atoms with van der Waals surface area (Å²) in [7, 11) is 0. The summed E-state index contributed by atoms with van der Waals surface area (Å²) in [6.07, 6.45) is 0.738. The standard InChI is InChI=1S/C16H15FN4O2S/c1-3-14-19-20-16(24-14)18-13(23)8-21-9(2)7-12(22)10-5-4-6-11(17)15(10)21/h4-7H,3,8H2,1-2H3,(H,18,20,23). The van der Waals surface area contributed by atoms with Crippen molar-refractivity contribution in [2.75, 3.05) is 5.32 Å².